The molecule has 1 aromatic rings. The van der Waals surface area contributed by atoms with Crippen molar-refractivity contribution in [2.45, 2.75) is 32.6 Å². The Kier molecular flexibility index (Phi) is 5.23. The lowest BCUT2D eigenvalue weighted by molar-refractivity contribution is -0.134. The molecule has 0 radical (unpaired) electrons. The van der Waals surface area contributed by atoms with Crippen molar-refractivity contribution >= 4 is 17.5 Å². The first-order valence-corrected chi connectivity index (χ1v) is 8.93. The van der Waals surface area contributed by atoms with Crippen LogP contribution in [0.25, 0.3) is 0 Å². The van der Waals surface area contributed by atoms with E-state index in [0.717, 1.165) is 25.0 Å². The standard InChI is InChI=1S/C19H24N4O3/c1-19(6-7-23(12-19)17(25)10-26-2)11-21-18-13(9-20)8-14-15(22-18)4-3-5-16(14)24/h8H,3-7,10-12H2,1-2H3,(H,21,22). The van der Waals surface area contributed by atoms with Crippen LogP contribution in [0.1, 0.15) is 47.8 Å². The van der Waals surface area contributed by atoms with Crippen LogP contribution < -0.4 is 5.32 Å². The predicted octanol–water partition coefficient (Wildman–Crippen LogP) is 1.77. The molecule has 1 aliphatic carbocycles. The number of fused-ring (bicyclic) bond motifs is 1. The number of carbonyl (C=O) groups is 2. The van der Waals surface area contributed by atoms with Crippen molar-refractivity contribution in [3.8, 4) is 6.07 Å². The molecule has 0 spiro atoms. The number of ether oxygens (including phenoxy) is 1. The van der Waals surface area contributed by atoms with Gasteiger partial charge in [-0.3, -0.25) is 9.59 Å². The quantitative estimate of drug-likeness (QED) is 0.864. The topological polar surface area (TPSA) is 95.3 Å². The third-order valence-electron chi connectivity index (χ3n) is 5.20. The van der Waals surface area contributed by atoms with E-state index in [0.29, 0.717) is 43.0 Å². The Morgan fingerprint density at radius 1 is 1.50 bits per heavy atom. The van der Waals surface area contributed by atoms with Crippen LogP contribution >= 0.6 is 0 Å². The molecule has 1 unspecified atom stereocenters. The first-order valence-electron chi connectivity index (χ1n) is 8.93. The van der Waals surface area contributed by atoms with Crippen LogP contribution in [-0.4, -0.2) is 54.9 Å². The summed E-state index contributed by atoms with van der Waals surface area (Å²) in [5.74, 6) is 0.597. The second-order valence-corrected chi connectivity index (χ2v) is 7.43. The number of rotatable bonds is 5. The first-order chi connectivity index (χ1) is 12.5. The molecule has 0 bridgehead atoms. The lowest BCUT2D eigenvalue weighted by atomic mass is 9.89. The molecule has 0 aromatic carbocycles. The number of pyridine rings is 1. The van der Waals surface area contributed by atoms with Gasteiger partial charge in [-0.25, -0.2) is 4.98 Å². The highest BCUT2D eigenvalue weighted by Crippen LogP contribution is 2.31. The van der Waals surface area contributed by atoms with E-state index in [-0.39, 0.29) is 23.7 Å². The molecule has 1 N–H and O–H groups in total. The van der Waals surface area contributed by atoms with Crippen LogP contribution in [-0.2, 0) is 16.0 Å². The van der Waals surface area contributed by atoms with Gasteiger partial charge in [-0.2, -0.15) is 5.26 Å². The largest absolute Gasteiger partial charge is 0.375 e. The van der Waals surface area contributed by atoms with Crippen molar-refractivity contribution in [1.29, 1.82) is 5.26 Å². The summed E-state index contributed by atoms with van der Waals surface area (Å²) < 4.78 is 4.92. The third kappa shape index (κ3) is 3.70. The molecular formula is C19H24N4O3. The average molecular weight is 356 g/mol. The number of methoxy groups -OCH3 is 1. The van der Waals surface area contributed by atoms with Crippen molar-refractivity contribution < 1.29 is 14.3 Å². The third-order valence-corrected chi connectivity index (χ3v) is 5.20. The molecule has 1 aliphatic heterocycles. The van der Waals surface area contributed by atoms with E-state index < -0.39 is 0 Å². The summed E-state index contributed by atoms with van der Waals surface area (Å²) in [7, 11) is 1.52. The van der Waals surface area contributed by atoms with Crippen LogP contribution in [0, 0.1) is 16.7 Å². The summed E-state index contributed by atoms with van der Waals surface area (Å²) in [6.07, 6.45) is 2.97. The molecule has 1 fully saturated rings. The van der Waals surface area contributed by atoms with Gasteiger partial charge in [0.2, 0.25) is 5.91 Å². The van der Waals surface area contributed by atoms with Crippen molar-refractivity contribution in [1.82, 2.24) is 9.88 Å². The summed E-state index contributed by atoms with van der Waals surface area (Å²) in [4.78, 5) is 30.4. The van der Waals surface area contributed by atoms with E-state index in [1.165, 1.54) is 7.11 Å². The molecular weight excluding hydrogens is 332 g/mol. The summed E-state index contributed by atoms with van der Waals surface area (Å²) in [6, 6.07) is 3.80. The Morgan fingerprint density at radius 2 is 2.31 bits per heavy atom. The Labute approximate surface area is 153 Å². The van der Waals surface area contributed by atoms with Gasteiger partial charge >= 0.3 is 0 Å². The normalized spacial score (nSPS) is 22.0. The van der Waals surface area contributed by atoms with Crippen LogP contribution in [0.2, 0.25) is 0 Å². The van der Waals surface area contributed by atoms with E-state index in [2.05, 4.69) is 23.3 Å². The van der Waals surface area contributed by atoms with Gasteiger partial charge in [0.05, 0.1) is 11.3 Å². The summed E-state index contributed by atoms with van der Waals surface area (Å²) in [5, 5.41) is 12.7. The molecule has 2 aliphatic rings. The minimum Gasteiger partial charge on any atom is -0.375 e. The van der Waals surface area contributed by atoms with Gasteiger partial charge in [0.15, 0.2) is 5.78 Å². The maximum Gasteiger partial charge on any atom is 0.248 e. The van der Waals surface area contributed by atoms with E-state index in [9.17, 15) is 14.9 Å². The van der Waals surface area contributed by atoms with Crippen LogP contribution in [0.4, 0.5) is 5.82 Å². The highest BCUT2D eigenvalue weighted by molar-refractivity contribution is 5.98. The molecule has 138 valence electrons. The Morgan fingerprint density at radius 3 is 3.04 bits per heavy atom. The molecule has 2 heterocycles. The molecule has 1 aromatic heterocycles. The van der Waals surface area contributed by atoms with Crippen LogP contribution in [0.5, 0.6) is 0 Å². The fraction of sp³-hybridized carbons (Fsp3) is 0.579. The second-order valence-electron chi connectivity index (χ2n) is 7.43. The fourth-order valence-electron chi connectivity index (χ4n) is 3.65. The minimum atomic E-state index is -0.0937. The molecule has 3 rings (SSSR count). The Hall–Kier alpha value is -2.46. The fourth-order valence-corrected chi connectivity index (χ4v) is 3.65. The van der Waals surface area contributed by atoms with E-state index in [1.807, 2.05) is 4.90 Å². The molecule has 1 amide bonds. The number of hydrogen-bond acceptors (Lipinski definition) is 6. The van der Waals surface area contributed by atoms with Crippen molar-refractivity contribution in [2.75, 3.05) is 38.7 Å². The summed E-state index contributed by atoms with van der Waals surface area (Å²) in [6.45, 7) is 4.18. The zero-order valence-corrected chi connectivity index (χ0v) is 15.3. The number of hydrogen-bond donors (Lipinski definition) is 1. The Bertz CT molecular complexity index is 771. The number of aryl methyl sites for hydroxylation is 1. The molecule has 7 heteroatoms. The van der Waals surface area contributed by atoms with Crippen molar-refractivity contribution in [2.24, 2.45) is 5.41 Å². The molecule has 0 saturated carbocycles. The number of likely N-dealkylation sites (tertiary alicyclic amines) is 1. The number of nitrogens with one attached hydrogen (secondary N) is 1. The highest BCUT2D eigenvalue weighted by atomic mass is 16.5. The molecule has 1 atom stereocenters. The van der Waals surface area contributed by atoms with E-state index >= 15 is 0 Å². The first kappa shape index (κ1) is 18.3. The summed E-state index contributed by atoms with van der Waals surface area (Å²) >= 11 is 0. The van der Waals surface area contributed by atoms with Gasteiger partial charge in [-0.15, -0.1) is 0 Å². The van der Waals surface area contributed by atoms with Gasteiger partial charge < -0.3 is 15.0 Å². The maximum atomic E-state index is 12.0. The number of anilines is 1. The van der Waals surface area contributed by atoms with Gasteiger partial charge in [-0.05, 0) is 25.3 Å². The number of ketones is 1. The zero-order valence-electron chi connectivity index (χ0n) is 15.3. The SMILES string of the molecule is COCC(=O)N1CCC(C)(CNc2nc3c(cc2C#N)C(=O)CCC3)C1. The number of Topliss-reactive ketones (excluding diaryl/α,β-unsaturated/α-hetero) is 1. The van der Waals surface area contributed by atoms with Gasteiger partial charge in [0, 0.05) is 44.1 Å². The smallest absolute Gasteiger partial charge is 0.248 e. The highest BCUT2D eigenvalue weighted by Gasteiger charge is 2.36. The van der Waals surface area contributed by atoms with Gasteiger partial charge in [0.1, 0.15) is 18.5 Å². The number of carbonyl (C=O) groups excluding carboxylic acids is 2. The number of nitriles is 1. The van der Waals surface area contributed by atoms with Gasteiger partial charge in [0.25, 0.3) is 0 Å². The minimum absolute atomic E-state index is 0.000595. The maximum absolute atomic E-state index is 12.0. The monoisotopic (exact) mass is 356 g/mol. The molecule has 26 heavy (non-hydrogen) atoms. The number of aromatic nitrogens is 1. The zero-order chi connectivity index (χ0) is 18.7. The lowest BCUT2D eigenvalue weighted by Crippen LogP contribution is -2.36. The lowest BCUT2D eigenvalue weighted by Gasteiger charge is -2.26. The number of nitrogens with zero attached hydrogens (tertiary/aromatic N) is 3. The molecule has 1 saturated heterocycles. The molecule has 7 nitrogen and oxygen atoms in total. The van der Waals surface area contributed by atoms with Crippen molar-refractivity contribution in [3.63, 3.8) is 0 Å². The summed E-state index contributed by atoms with van der Waals surface area (Å²) in [5.41, 5.74) is 1.66. The van der Waals surface area contributed by atoms with Crippen molar-refractivity contribution in [3.05, 3.63) is 22.9 Å². The predicted molar refractivity (Wildman–Crippen MR) is 95.9 cm³/mol. The van der Waals surface area contributed by atoms with Gasteiger partial charge in [-0.1, -0.05) is 6.92 Å². The Balaban J connectivity index is 1.71. The second kappa shape index (κ2) is 7.42. The van der Waals surface area contributed by atoms with E-state index in [1.54, 1.807) is 6.07 Å². The van der Waals surface area contributed by atoms with Crippen LogP contribution in [0.15, 0.2) is 6.07 Å². The van der Waals surface area contributed by atoms with Crippen LogP contribution in [0.3, 0.4) is 0 Å². The number of amides is 1. The van der Waals surface area contributed by atoms with E-state index in [4.69, 9.17) is 4.74 Å². The average Bonchev–Trinajstić information content (AvgIpc) is 3.03.